The molecule has 2 heteroatoms. The third-order valence-electron chi connectivity index (χ3n) is 1.77. The van der Waals surface area contributed by atoms with Crippen molar-refractivity contribution in [2.75, 3.05) is 34.4 Å². The van der Waals surface area contributed by atoms with Gasteiger partial charge < -0.3 is 0 Å². The van der Waals surface area contributed by atoms with Gasteiger partial charge in [-0.15, -0.1) is 0 Å². The van der Waals surface area contributed by atoms with Gasteiger partial charge in [0.1, 0.15) is 0 Å². The van der Waals surface area contributed by atoms with E-state index in [2.05, 4.69) is 65.6 Å². The average molecular weight is 248 g/mol. The summed E-state index contributed by atoms with van der Waals surface area (Å²) in [5.41, 5.74) is 0. The molecule has 0 heterocycles. The zero-order valence-electron chi connectivity index (χ0n) is 13.1. The van der Waals surface area contributed by atoms with Crippen LogP contribution in [0, 0.1) is 0 Å². The summed E-state index contributed by atoms with van der Waals surface area (Å²) in [7, 11) is 6.26. The second kappa shape index (κ2) is 24.9. The van der Waals surface area contributed by atoms with E-state index in [9.17, 15) is 0 Å². The molecular formula is C15H40N2. The standard InChI is InChI=1S/C6H16N2.C5H12.C3H8.CH4/c1-5-8(4)6-7(2)3;1-3-5-4-2;1-3-2;/h5-6H2,1-4H3;3-5H2,1-2H3;3H2,1-2H3;1H4. The second-order valence-electron chi connectivity index (χ2n) is 4.45. The maximum Gasteiger partial charge on any atom is 0.0497 e. The third kappa shape index (κ3) is 49.2. The summed E-state index contributed by atoms with van der Waals surface area (Å²) in [6, 6.07) is 0. The molecule has 0 rings (SSSR count). The van der Waals surface area contributed by atoms with Crippen LogP contribution in [0.25, 0.3) is 0 Å². The number of unbranched alkanes of at least 4 members (excludes halogenated alkanes) is 2. The minimum Gasteiger partial charge on any atom is -0.297 e. The van der Waals surface area contributed by atoms with Crippen molar-refractivity contribution in [2.45, 2.75) is 67.7 Å². The molecule has 0 N–H and O–H groups in total. The predicted molar refractivity (Wildman–Crippen MR) is 84.8 cm³/mol. The quantitative estimate of drug-likeness (QED) is 0.650. The van der Waals surface area contributed by atoms with Gasteiger partial charge in [-0.05, 0) is 27.7 Å². The molecular weight excluding hydrogens is 208 g/mol. The van der Waals surface area contributed by atoms with E-state index < -0.39 is 0 Å². The molecule has 0 aromatic heterocycles. The number of nitrogens with zero attached hydrogens (tertiary/aromatic N) is 2. The summed E-state index contributed by atoms with van der Waals surface area (Å²) in [5.74, 6) is 0. The first-order valence-corrected chi connectivity index (χ1v) is 6.83. The SMILES string of the molecule is C.CCC.CCCCC.CCN(C)CN(C)C. The maximum absolute atomic E-state index is 2.25. The molecule has 0 amide bonds. The van der Waals surface area contributed by atoms with E-state index in [-0.39, 0.29) is 7.43 Å². The van der Waals surface area contributed by atoms with Crippen LogP contribution in [0.2, 0.25) is 0 Å². The van der Waals surface area contributed by atoms with Gasteiger partial charge >= 0.3 is 0 Å². The Labute approximate surface area is 112 Å². The fraction of sp³-hybridized carbons (Fsp3) is 1.00. The molecule has 0 radical (unpaired) electrons. The Kier molecular flexibility index (Phi) is 37.7. The molecule has 0 aromatic carbocycles. The maximum atomic E-state index is 2.25. The van der Waals surface area contributed by atoms with Gasteiger partial charge in [0.15, 0.2) is 0 Å². The fourth-order valence-corrected chi connectivity index (χ4v) is 0.936. The first-order chi connectivity index (χ1) is 7.49. The van der Waals surface area contributed by atoms with Crippen LogP contribution < -0.4 is 0 Å². The van der Waals surface area contributed by atoms with Crippen LogP contribution in [-0.4, -0.2) is 44.2 Å². The summed E-state index contributed by atoms with van der Waals surface area (Å²) in [6.45, 7) is 13.0. The molecule has 0 saturated carbocycles. The molecule has 0 aromatic rings. The first kappa shape index (κ1) is 25.7. The predicted octanol–water partition coefficient (Wildman–Crippen LogP) is 4.71. The Bertz CT molecular complexity index is 90.9. The Balaban J connectivity index is -0.0000000815. The minimum atomic E-state index is 0. The molecule has 0 spiro atoms. The number of rotatable bonds is 5. The molecule has 110 valence electrons. The van der Waals surface area contributed by atoms with Gasteiger partial charge in [0.25, 0.3) is 0 Å². The van der Waals surface area contributed by atoms with E-state index in [1.165, 1.54) is 25.7 Å². The van der Waals surface area contributed by atoms with Gasteiger partial charge in [-0.2, -0.15) is 0 Å². The van der Waals surface area contributed by atoms with Crippen molar-refractivity contribution in [1.29, 1.82) is 0 Å². The van der Waals surface area contributed by atoms with Gasteiger partial charge in [0.05, 0.1) is 0 Å². The normalized spacial score (nSPS) is 8.82. The highest BCUT2D eigenvalue weighted by molar-refractivity contribution is 4.41. The molecule has 0 saturated heterocycles. The summed E-state index contributed by atoms with van der Waals surface area (Å²) in [5, 5.41) is 0. The summed E-state index contributed by atoms with van der Waals surface area (Å²) in [4.78, 5) is 4.41. The summed E-state index contributed by atoms with van der Waals surface area (Å²) < 4.78 is 0. The summed E-state index contributed by atoms with van der Waals surface area (Å²) >= 11 is 0. The Morgan fingerprint density at radius 2 is 1.12 bits per heavy atom. The fourth-order valence-electron chi connectivity index (χ4n) is 0.936. The zero-order chi connectivity index (χ0) is 13.4. The van der Waals surface area contributed by atoms with Gasteiger partial charge in [0, 0.05) is 6.67 Å². The van der Waals surface area contributed by atoms with Crippen LogP contribution in [0.4, 0.5) is 0 Å². The van der Waals surface area contributed by atoms with E-state index in [0.717, 1.165) is 13.2 Å². The Hall–Kier alpha value is -0.0800. The highest BCUT2D eigenvalue weighted by atomic mass is 15.3. The van der Waals surface area contributed by atoms with Crippen LogP contribution in [0.1, 0.15) is 67.7 Å². The Morgan fingerprint density at radius 3 is 1.18 bits per heavy atom. The van der Waals surface area contributed by atoms with E-state index >= 15 is 0 Å². The summed E-state index contributed by atoms with van der Waals surface area (Å²) in [6.07, 6.45) is 5.33. The van der Waals surface area contributed by atoms with E-state index in [1.54, 1.807) is 0 Å². The van der Waals surface area contributed by atoms with Crippen LogP contribution in [0.5, 0.6) is 0 Å². The van der Waals surface area contributed by atoms with Crippen molar-refractivity contribution >= 4 is 0 Å². The van der Waals surface area contributed by atoms with E-state index in [4.69, 9.17) is 0 Å². The highest BCUT2D eigenvalue weighted by Gasteiger charge is 1.92. The Morgan fingerprint density at radius 1 is 0.765 bits per heavy atom. The van der Waals surface area contributed by atoms with Crippen molar-refractivity contribution in [2.24, 2.45) is 0 Å². The van der Waals surface area contributed by atoms with Crippen molar-refractivity contribution in [3.05, 3.63) is 0 Å². The smallest absolute Gasteiger partial charge is 0.0497 e. The molecule has 0 fully saturated rings. The lowest BCUT2D eigenvalue weighted by molar-refractivity contribution is 0.219. The van der Waals surface area contributed by atoms with Gasteiger partial charge in [0.2, 0.25) is 0 Å². The number of hydrogen-bond donors (Lipinski definition) is 0. The van der Waals surface area contributed by atoms with Gasteiger partial charge in [-0.3, -0.25) is 9.80 Å². The van der Waals surface area contributed by atoms with Crippen LogP contribution in [0.15, 0.2) is 0 Å². The lowest BCUT2D eigenvalue weighted by Crippen LogP contribution is -2.29. The van der Waals surface area contributed by atoms with Crippen molar-refractivity contribution in [1.82, 2.24) is 9.80 Å². The first-order valence-electron chi connectivity index (χ1n) is 6.83. The van der Waals surface area contributed by atoms with Gasteiger partial charge in [-0.1, -0.05) is 67.7 Å². The van der Waals surface area contributed by atoms with Gasteiger partial charge in [-0.25, -0.2) is 0 Å². The average Bonchev–Trinajstić information content (AvgIpc) is 2.20. The molecule has 0 aliphatic carbocycles. The van der Waals surface area contributed by atoms with Crippen LogP contribution in [0.3, 0.4) is 0 Å². The zero-order valence-corrected chi connectivity index (χ0v) is 13.1. The number of hydrogen-bond acceptors (Lipinski definition) is 2. The van der Waals surface area contributed by atoms with Crippen molar-refractivity contribution in [3.63, 3.8) is 0 Å². The molecule has 0 bridgehead atoms. The minimum absolute atomic E-state index is 0. The monoisotopic (exact) mass is 248 g/mol. The molecule has 0 unspecified atom stereocenters. The van der Waals surface area contributed by atoms with Crippen LogP contribution >= 0.6 is 0 Å². The van der Waals surface area contributed by atoms with E-state index in [1.807, 2.05) is 0 Å². The largest absolute Gasteiger partial charge is 0.297 e. The molecule has 17 heavy (non-hydrogen) atoms. The van der Waals surface area contributed by atoms with Crippen molar-refractivity contribution in [3.8, 4) is 0 Å². The van der Waals surface area contributed by atoms with Crippen LogP contribution in [-0.2, 0) is 0 Å². The molecule has 0 aliphatic rings. The lowest BCUT2D eigenvalue weighted by Gasteiger charge is -2.18. The highest BCUT2D eigenvalue weighted by Crippen LogP contribution is 1.88. The lowest BCUT2D eigenvalue weighted by atomic mass is 10.3. The third-order valence-corrected chi connectivity index (χ3v) is 1.77. The molecule has 2 nitrogen and oxygen atoms in total. The van der Waals surface area contributed by atoms with Crippen molar-refractivity contribution < 1.29 is 0 Å². The van der Waals surface area contributed by atoms with E-state index in [0.29, 0.717) is 0 Å². The topological polar surface area (TPSA) is 6.48 Å². The second-order valence-corrected chi connectivity index (χ2v) is 4.45. The molecule has 0 atom stereocenters. The molecule has 0 aliphatic heterocycles.